The molecule has 8 heteroatoms. The molecule has 1 aromatic heterocycles. The summed E-state index contributed by atoms with van der Waals surface area (Å²) in [7, 11) is 1.61. The third-order valence-corrected chi connectivity index (χ3v) is 4.92. The molecule has 0 aliphatic rings. The van der Waals surface area contributed by atoms with Crippen LogP contribution >= 0.6 is 23.2 Å². The Hall–Kier alpha value is -2.41. The van der Waals surface area contributed by atoms with Crippen molar-refractivity contribution in [1.29, 1.82) is 0 Å². The Bertz CT molecular complexity index is 1010. The van der Waals surface area contributed by atoms with Crippen LogP contribution in [-0.4, -0.2) is 29.5 Å². The Morgan fingerprint density at radius 3 is 2.78 bits per heavy atom. The van der Waals surface area contributed by atoms with E-state index >= 15 is 0 Å². The van der Waals surface area contributed by atoms with Gasteiger partial charge in [-0.2, -0.15) is 0 Å². The third kappa shape index (κ3) is 3.98. The van der Waals surface area contributed by atoms with Gasteiger partial charge in [0.05, 0.1) is 17.3 Å². The fourth-order valence-corrected chi connectivity index (χ4v) is 3.24. The van der Waals surface area contributed by atoms with Gasteiger partial charge < -0.3 is 15.4 Å². The lowest BCUT2D eigenvalue weighted by Crippen LogP contribution is -2.32. The number of likely N-dealkylation sites (N-methyl/N-ethyl adjacent to an activating group) is 1. The number of benzene rings is 2. The predicted octanol–water partition coefficient (Wildman–Crippen LogP) is 3.75. The number of aryl methyl sites for hydroxylation is 1. The van der Waals surface area contributed by atoms with Crippen molar-refractivity contribution in [2.24, 2.45) is 5.73 Å². The van der Waals surface area contributed by atoms with Crippen LogP contribution in [0, 0.1) is 6.92 Å². The number of carbonyl (C=O) groups is 1. The number of rotatable bonds is 5. The fourth-order valence-electron chi connectivity index (χ4n) is 2.63. The lowest BCUT2D eigenvalue weighted by Gasteiger charge is -2.20. The highest BCUT2D eigenvalue weighted by molar-refractivity contribution is 6.38. The summed E-state index contributed by atoms with van der Waals surface area (Å²) in [5, 5.41) is 1.67. The summed E-state index contributed by atoms with van der Waals surface area (Å²) in [5.74, 6) is 0.993. The largest absolute Gasteiger partial charge is 0.487 e. The molecule has 2 N–H and O–H groups in total. The number of anilines is 1. The molecule has 2 aromatic carbocycles. The van der Waals surface area contributed by atoms with Gasteiger partial charge in [-0.25, -0.2) is 9.97 Å². The lowest BCUT2D eigenvalue weighted by molar-refractivity contribution is -0.117. The van der Waals surface area contributed by atoms with E-state index in [4.69, 9.17) is 33.7 Å². The van der Waals surface area contributed by atoms with E-state index in [0.29, 0.717) is 38.4 Å². The van der Waals surface area contributed by atoms with E-state index in [-0.39, 0.29) is 19.1 Å². The molecule has 1 heterocycles. The molecule has 0 aliphatic carbocycles. The van der Waals surface area contributed by atoms with Gasteiger partial charge in [0, 0.05) is 29.2 Å². The highest BCUT2D eigenvalue weighted by atomic mass is 35.5. The Balaban J connectivity index is 1.93. The average molecular weight is 405 g/mol. The first-order valence-electron chi connectivity index (χ1n) is 8.21. The van der Waals surface area contributed by atoms with Crippen molar-refractivity contribution in [1.82, 2.24) is 9.97 Å². The third-order valence-electron chi connectivity index (χ3n) is 4.14. The molecule has 3 aromatic rings. The van der Waals surface area contributed by atoms with Crippen molar-refractivity contribution < 1.29 is 9.53 Å². The van der Waals surface area contributed by atoms with Gasteiger partial charge in [-0.15, -0.1) is 0 Å². The van der Waals surface area contributed by atoms with Gasteiger partial charge in [-0.3, -0.25) is 4.79 Å². The molecule has 0 radical (unpaired) electrons. The monoisotopic (exact) mass is 404 g/mol. The molecule has 3 rings (SSSR count). The summed E-state index contributed by atoms with van der Waals surface area (Å²) in [6.45, 7) is 1.83. The first-order valence-corrected chi connectivity index (χ1v) is 8.96. The highest BCUT2D eigenvalue weighted by Gasteiger charge is 2.18. The lowest BCUT2D eigenvalue weighted by atomic mass is 10.2. The zero-order valence-electron chi connectivity index (χ0n) is 14.9. The normalized spacial score (nSPS) is 10.9. The number of hydrogen-bond acceptors (Lipinski definition) is 5. The maximum Gasteiger partial charge on any atom is 0.240 e. The van der Waals surface area contributed by atoms with Gasteiger partial charge in [0.1, 0.15) is 23.7 Å². The molecule has 0 bridgehead atoms. The van der Waals surface area contributed by atoms with Gasteiger partial charge in [0.2, 0.25) is 5.91 Å². The summed E-state index contributed by atoms with van der Waals surface area (Å²) in [6, 6.07) is 8.96. The first kappa shape index (κ1) is 19.4. The van der Waals surface area contributed by atoms with E-state index in [1.54, 1.807) is 25.4 Å². The van der Waals surface area contributed by atoms with E-state index in [1.807, 2.05) is 25.1 Å². The van der Waals surface area contributed by atoms with Crippen molar-refractivity contribution in [2.75, 3.05) is 18.5 Å². The molecule has 1 amide bonds. The molecule has 0 aliphatic heterocycles. The number of halogens is 2. The number of carbonyl (C=O) groups excluding carboxylic acids is 1. The number of nitrogens with two attached hydrogens (primary N) is 1. The van der Waals surface area contributed by atoms with Gasteiger partial charge in [-0.1, -0.05) is 35.3 Å². The van der Waals surface area contributed by atoms with Crippen molar-refractivity contribution in [3.63, 3.8) is 0 Å². The van der Waals surface area contributed by atoms with Gasteiger partial charge in [0.25, 0.3) is 0 Å². The van der Waals surface area contributed by atoms with Crippen LogP contribution in [0.4, 0.5) is 5.69 Å². The molecular weight excluding hydrogens is 387 g/mol. The molecule has 0 spiro atoms. The van der Waals surface area contributed by atoms with Crippen molar-refractivity contribution >= 4 is 45.7 Å². The van der Waals surface area contributed by atoms with Crippen molar-refractivity contribution in [3.05, 3.63) is 58.0 Å². The van der Waals surface area contributed by atoms with Crippen LogP contribution in [0.1, 0.15) is 11.4 Å². The number of nitrogens with zero attached hydrogens (tertiary/aromatic N) is 3. The zero-order chi connectivity index (χ0) is 19.6. The maximum atomic E-state index is 11.9. The molecule has 0 unspecified atom stereocenters. The predicted molar refractivity (Wildman–Crippen MR) is 108 cm³/mol. The fraction of sp³-hybridized carbons (Fsp3) is 0.211. The highest BCUT2D eigenvalue weighted by Crippen LogP contribution is 2.35. The average Bonchev–Trinajstić information content (AvgIpc) is 2.67. The SMILES string of the molecule is Cc1ncc2cccc(OCc3c(Cl)ccc(N(C)C(=O)CN)c3Cl)c2n1. The van der Waals surface area contributed by atoms with E-state index in [1.165, 1.54) is 4.90 Å². The van der Waals surface area contributed by atoms with E-state index < -0.39 is 0 Å². The van der Waals surface area contributed by atoms with E-state index in [9.17, 15) is 4.79 Å². The number of para-hydroxylation sites is 1. The summed E-state index contributed by atoms with van der Waals surface area (Å²) in [6.07, 6.45) is 1.75. The second kappa shape index (κ2) is 8.08. The summed E-state index contributed by atoms with van der Waals surface area (Å²) in [4.78, 5) is 21.9. The van der Waals surface area contributed by atoms with Gasteiger partial charge in [-0.05, 0) is 25.1 Å². The smallest absolute Gasteiger partial charge is 0.240 e. The van der Waals surface area contributed by atoms with Crippen LogP contribution in [0.25, 0.3) is 10.9 Å². The number of aromatic nitrogens is 2. The Labute approximate surface area is 166 Å². The molecule has 0 saturated heterocycles. The van der Waals surface area contributed by atoms with E-state index in [0.717, 1.165) is 5.39 Å². The first-order chi connectivity index (χ1) is 12.9. The Morgan fingerprint density at radius 1 is 1.26 bits per heavy atom. The molecular formula is C19H18Cl2N4O2. The number of ether oxygens (including phenoxy) is 1. The second-order valence-electron chi connectivity index (χ2n) is 5.92. The summed E-state index contributed by atoms with van der Waals surface area (Å²) < 4.78 is 5.96. The van der Waals surface area contributed by atoms with Crippen LogP contribution in [-0.2, 0) is 11.4 Å². The van der Waals surface area contributed by atoms with Crippen LogP contribution < -0.4 is 15.4 Å². The molecule has 6 nitrogen and oxygen atoms in total. The minimum atomic E-state index is -0.257. The summed E-state index contributed by atoms with van der Waals surface area (Å²) >= 11 is 12.8. The number of fused-ring (bicyclic) bond motifs is 1. The quantitative estimate of drug-likeness (QED) is 0.699. The maximum absolute atomic E-state index is 11.9. The Morgan fingerprint density at radius 2 is 2.04 bits per heavy atom. The minimum absolute atomic E-state index is 0.115. The minimum Gasteiger partial charge on any atom is -0.487 e. The van der Waals surface area contributed by atoms with E-state index in [2.05, 4.69) is 9.97 Å². The van der Waals surface area contributed by atoms with Gasteiger partial charge >= 0.3 is 0 Å². The van der Waals surface area contributed by atoms with Gasteiger partial charge in [0.15, 0.2) is 0 Å². The van der Waals surface area contributed by atoms with Crippen LogP contribution in [0.5, 0.6) is 5.75 Å². The van der Waals surface area contributed by atoms with Crippen molar-refractivity contribution in [2.45, 2.75) is 13.5 Å². The van der Waals surface area contributed by atoms with Crippen LogP contribution in [0.15, 0.2) is 36.5 Å². The zero-order valence-corrected chi connectivity index (χ0v) is 16.4. The molecule has 0 atom stereocenters. The molecule has 140 valence electrons. The topological polar surface area (TPSA) is 81.3 Å². The molecule has 27 heavy (non-hydrogen) atoms. The van der Waals surface area contributed by atoms with Crippen molar-refractivity contribution in [3.8, 4) is 5.75 Å². The molecule has 0 fully saturated rings. The van der Waals surface area contributed by atoms with Crippen LogP contribution in [0.3, 0.4) is 0 Å². The van der Waals surface area contributed by atoms with Crippen LogP contribution in [0.2, 0.25) is 10.0 Å². The Kier molecular flexibility index (Phi) is 5.79. The number of amides is 1. The molecule has 0 saturated carbocycles. The standard InChI is InChI=1S/C19H18Cl2N4O2/c1-11-23-9-12-4-3-5-16(19(12)24-11)27-10-13-14(20)6-7-15(18(13)21)25(2)17(26)8-22/h3-7,9H,8,10,22H2,1-2H3. The summed E-state index contributed by atoms with van der Waals surface area (Å²) in [5.41, 5.74) is 7.24. The number of hydrogen-bond donors (Lipinski definition) is 1. The second-order valence-corrected chi connectivity index (χ2v) is 6.70.